The van der Waals surface area contributed by atoms with Gasteiger partial charge in [0.05, 0.1) is 5.69 Å². The maximum Gasteiger partial charge on any atom is 0.414 e. The van der Waals surface area contributed by atoms with Gasteiger partial charge in [0.15, 0.2) is 0 Å². The molecule has 2 N–H and O–H groups in total. The molecule has 0 spiro atoms. The lowest BCUT2D eigenvalue weighted by Crippen LogP contribution is -2.29. The van der Waals surface area contributed by atoms with Gasteiger partial charge in [-0.25, -0.2) is 4.79 Å². The number of rotatable bonds is 4. The highest BCUT2D eigenvalue weighted by atomic mass is 32.1. The zero-order chi connectivity index (χ0) is 20.5. The molecule has 0 saturated carbocycles. The van der Waals surface area contributed by atoms with Gasteiger partial charge in [0.2, 0.25) is 0 Å². The van der Waals surface area contributed by atoms with Crippen LogP contribution in [0.3, 0.4) is 0 Å². The lowest BCUT2D eigenvalue weighted by molar-refractivity contribution is 0.151. The Labute approximate surface area is 176 Å². The maximum atomic E-state index is 12.8. The van der Waals surface area contributed by atoms with E-state index in [2.05, 4.69) is 36.9 Å². The van der Waals surface area contributed by atoms with Gasteiger partial charge in [-0.1, -0.05) is 48.5 Å². The molecular formula is C24H24N2O2S. The summed E-state index contributed by atoms with van der Waals surface area (Å²) < 4.78 is 5.76. The Kier molecular flexibility index (Phi) is 5.35. The zero-order valence-corrected chi connectivity index (χ0v) is 17.4. The molecule has 0 radical (unpaired) electrons. The molecule has 0 aliphatic heterocycles. The van der Waals surface area contributed by atoms with Crippen LogP contribution in [0.25, 0.3) is 11.1 Å². The van der Waals surface area contributed by atoms with Crippen LogP contribution in [0, 0.1) is 6.92 Å². The van der Waals surface area contributed by atoms with E-state index in [4.69, 9.17) is 10.5 Å². The van der Waals surface area contributed by atoms with E-state index >= 15 is 0 Å². The van der Waals surface area contributed by atoms with Crippen molar-refractivity contribution >= 4 is 24.4 Å². The summed E-state index contributed by atoms with van der Waals surface area (Å²) in [7, 11) is 1.72. The molecule has 0 aromatic heterocycles. The summed E-state index contributed by atoms with van der Waals surface area (Å²) in [5.74, 6) is 0.0386. The van der Waals surface area contributed by atoms with Crippen molar-refractivity contribution in [1.82, 2.24) is 0 Å². The number of thiol groups is 1. The molecule has 3 aromatic rings. The number of anilines is 1. The average Bonchev–Trinajstić information content (AvgIpc) is 3.07. The molecule has 1 aliphatic carbocycles. The van der Waals surface area contributed by atoms with Crippen LogP contribution in [0.4, 0.5) is 10.5 Å². The second kappa shape index (κ2) is 7.93. The Morgan fingerprint density at radius 2 is 1.66 bits per heavy atom. The Morgan fingerprint density at radius 1 is 1.07 bits per heavy atom. The minimum Gasteiger partial charge on any atom is -0.448 e. The van der Waals surface area contributed by atoms with E-state index in [1.807, 2.05) is 43.3 Å². The van der Waals surface area contributed by atoms with Crippen LogP contribution >= 0.6 is 12.6 Å². The van der Waals surface area contributed by atoms with E-state index < -0.39 is 6.09 Å². The second-order valence-corrected chi connectivity index (χ2v) is 7.81. The molecule has 0 bridgehead atoms. The van der Waals surface area contributed by atoms with Crippen molar-refractivity contribution in [3.8, 4) is 11.1 Å². The van der Waals surface area contributed by atoms with Gasteiger partial charge < -0.3 is 10.5 Å². The summed E-state index contributed by atoms with van der Waals surface area (Å²) in [5, 5.41) is 0. The van der Waals surface area contributed by atoms with Crippen molar-refractivity contribution in [1.29, 1.82) is 0 Å². The summed E-state index contributed by atoms with van der Waals surface area (Å²) in [6.45, 7) is 2.62. The molecule has 0 atom stereocenters. The quantitative estimate of drug-likeness (QED) is 0.593. The third kappa shape index (κ3) is 3.52. The van der Waals surface area contributed by atoms with Crippen LogP contribution in [0.5, 0.6) is 0 Å². The second-order valence-electron chi connectivity index (χ2n) is 7.33. The molecule has 5 heteroatoms. The zero-order valence-electron chi connectivity index (χ0n) is 16.6. The number of benzene rings is 3. The van der Waals surface area contributed by atoms with Crippen LogP contribution in [0.2, 0.25) is 0 Å². The standard InChI is InChI=1S/C24H24N2O2S/c1-15-22(11-16(13-25)12-23(15)29)26(2)24(27)28-14-21-19-9-5-3-7-17(19)18-8-4-6-10-20(18)21/h3-12,21,29H,13-14,25H2,1-2H3. The van der Waals surface area contributed by atoms with Crippen molar-refractivity contribution in [2.24, 2.45) is 5.73 Å². The van der Waals surface area contributed by atoms with Crippen molar-refractivity contribution in [2.45, 2.75) is 24.3 Å². The number of hydrogen-bond donors (Lipinski definition) is 2. The third-order valence-corrected chi connectivity index (χ3v) is 6.08. The van der Waals surface area contributed by atoms with Gasteiger partial charge in [0.1, 0.15) is 6.61 Å². The van der Waals surface area contributed by atoms with Crippen molar-refractivity contribution in [3.05, 3.63) is 82.9 Å². The molecule has 4 rings (SSSR count). The minimum absolute atomic E-state index is 0.0386. The van der Waals surface area contributed by atoms with Gasteiger partial charge in [0, 0.05) is 24.4 Å². The topological polar surface area (TPSA) is 55.6 Å². The van der Waals surface area contributed by atoms with Crippen LogP contribution in [0.15, 0.2) is 65.6 Å². The smallest absolute Gasteiger partial charge is 0.414 e. The molecule has 4 nitrogen and oxygen atoms in total. The fraction of sp³-hybridized carbons (Fsp3) is 0.208. The highest BCUT2D eigenvalue weighted by Gasteiger charge is 2.29. The summed E-state index contributed by atoms with van der Waals surface area (Å²) in [4.78, 5) is 15.2. The van der Waals surface area contributed by atoms with Gasteiger partial charge in [-0.05, 0) is 52.4 Å². The third-order valence-electron chi connectivity index (χ3n) is 5.62. The molecule has 0 heterocycles. The molecule has 0 saturated heterocycles. The molecule has 1 aliphatic rings. The van der Waals surface area contributed by atoms with E-state index in [1.165, 1.54) is 27.2 Å². The van der Waals surface area contributed by atoms with Crippen LogP contribution in [-0.4, -0.2) is 19.7 Å². The summed E-state index contributed by atoms with van der Waals surface area (Å²) in [6, 6.07) is 20.4. The molecular weight excluding hydrogens is 380 g/mol. The first-order valence-electron chi connectivity index (χ1n) is 9.62. The van der Waals surface area contributed by atoms with Gasteiger partial charge in [0.25, 0.3) is 0 Å². The molecule has 0 unspecified atom stereocenters. The monoisotopic (exact) mass is 404 g/mol. The molecule has 29 heavy (non-hydrogen) atoms. The molecule has 3 aromatic carbocycles. The highest BCUT2D eigenvalue weighted by molar-refractivity contribution is 7.80. The molecule has 148 valence electrons. The van der Waals surface area contributed by atoms with Crippen LogP contribution in [-0.2, 0) is 11.3 Å². The first kappa shape index (κ1) is 19.6. The predicted octanol–water partition coefficient (Wildman–Crippen LogP) is 5.13. The molecule has 0 fully saturated rings. The van der Waals surface area contributed by atoms with Gasteiger partial charge in [-0.2, -0.15) is 0 Å². The van der Waals surface area contributed by atoms with E-state index in [9.17, 15) is 4.79 Å². The van der Waals surface area contributed by atoms with Gasteiger partial charge >= 0.3 is 6.09 Å². The van der Waals surface area contributed by atoms with Crippen LogP contribution < -0.4 is 10.6 Å². The first-order chi connectivity index (χ1) is 14.0. The Morgan fingerprint density at radius 3 is 2.24 bits per heavy atom. The number of carbonyl (C=O) groups is 1. The predicted molar refractivity (Wildman–Crippen MR) is 120 cm³/mol. The average molecular weight is 405 g/mol. The number of hydrogen-bond acceptors (Lipinski definition) is 4. The number of ether oxygens (including phenoxy) is 1. The van der Waals surface area contributed by atoms with Crippen LogP contribution in [0.1, 0.15) is 28.2 Å². The largest absolute Gasteiger partial charge is 0.448 e. The van der Waals surface area contributed by atoms with E-state index in [0.29, 0.717) is 13.2 Å². The number of amides is 1. The van der Waals surface area contributed by atoms with Gasteiger partial charge in [-0.15, -0.1) is 12.6 Å². The van der Waals surface area contributed by atoms with Crippen molar-refractivity contribution in [3.63, 3.8) is 0 Å². The lowest BCUT2D eigenvalue weighted by Gasteiger charge is -2.22. The highest BCUT2D eigenvalue weighted by Crippen LogP contribution is 2.44. The van der Waals surface area contributed by atoms with Gasteiger partial charge in [-0.3, -0.25) is 4.90 Å². The number of nitrogens with two attached hydrogens (primary N) is 1. The van der Waals surface area contributed by atoms with Crippen molar-refractivity contribution in [2.75, 3.05) is 18.6 Å². The van der Waals surface area contributed by atoms with E-state index in [-0.39, 0.29) is 5.92 Å². The number of fused-ring (bicyclic) bond motifs is 3. The maximum absolute atomic E-state index is 12.8. The Bertz CT molecular complexity index is 1030. The summed E-state index contributed by atoms with van der Waals surface area (Å²) in [5.41, 5.74) is 13.2. The fourth-order valence-electron chi connectivity index (χ4n) is 4.00. The summed E-state index contributed by atoms with van der Waals surface area (Å²) >= 11 is 4.51. The lowest BCUT2D eigenvalue weighted by atomic mass is 9.98. The fourth-order valence-corrected chi connectivity index (χ4v) is 4.28. The SMILES string of the molecule is Cc1c(S)cc(CN)cc1N(C)C(=O)OCC1c2ccccc2-c2ccccc21. The van der Waals surface area contributed by atoms with E-state index in [1.54, 1.807) is 7.05 Å². The normalized spacial score (nSPS) is 12.4. The van der Waals surface area contributed by atoms with E-state index in [0.717, 1.165) is 21.7 Å². The van der Waals surface area contributed by atoms with Crippen molar-refractivity contribution < 1.29 is 9.53 Å². The Balaban J connectivity index is 1.56. The summed E-state index contributed by atoms with van der Waals surface area (Å²) in [6.07, 6.45) is -0.392. The number of nitrogens with zero attached hydrogens (tertiary/aromatic N) is 1. The Hall–Kier alpha value is -2.76. The molecule has 1 amide bonds. The first-order valence-corrected chi connectivity index (χ1v) is 10.1. The minimum atomic E-state index is -0.392. The number of carbonyl (C=O) groups excluding carboxylic acids is 1.